The Bertz CT molecular complexity index is 484. The van der Waals surface area contributed by atoms with Crippen LogP contribution in [0.1, 0.15) is 0 Å². The van der Waals surface area contributed by atoms with Gasteiger partial charge in [-0.15, -0.1) is 0 Å². The van der Waals surface area contributed by atoms with Crippen molar-refractivity contribution in [2.75, 3.05) is 0 Å². The van der Waals surface area contributed by atoms with E-state index in [9.17, 15) is 45.7 Å². The summed E-state index contributed by atoms with van der Waals surface area (Å²) in [6.45, 7) is 0. The quantitative estimate of drug-likeness (QED) is 0.387. The molecule has 0 saturated heterocycles. The Balaban J connectivity index is 0.00000324. The molecular weight excluding hydrogens is 366 g/mol. The summed E-state index contributed by atoms with van der Waals surface area (Å²) in [7, 11) is 0. The van der Waals surface area contributed by atoms with E-state index in [4.69, 9.17) is 0 Å². The molecule has 0 saturated carbocycles. The number of nitro benzene ring substituents is 3. The summed E-state index contributed by atoms with van der Waals surface area (Å²) < 4.78 is 0. The molecule has 0 fully saturated rings. The fraction of sp³-hybridized carbons (Fsp3) is 0. The first-order valence-corrected chi connectivity index (χ1v) is 3.94. The Kier molecular flexibility index (Phi) is 4.77. The fourth-order valence-electron chi connectivity index (χ4n) is 1.19. The summed E-state index contributed by atoms with van der Waals surface area (Å²) in [5, 5.41) is 58.9. The van der Waals surface area contributed by atoms with Gasteiger partial charge in [0.25, 0.3) is 17.2 Å². The van der Waals surface area contributed by atoms with Crippen molar-refractivity contribution in [3.05, 3.63) is 30.3 Å². The molecule has 12 nitrogen and oxygen atoms in total. The van der Waals surface area contributed by atoms with Crippen molar-refractivity contribution in [2.45, 2.75) is 0 Å². The van der Waals surface area contributed by atoms with Crippen LogP contribution < -0.4 is 0 Å². The first-order chi connectivity index (χ1) is 8.20. The van der Waals surface area contributed by atoms with Crippen LogP contribution in [0.15, 0.2) is 0 Å². The number of phenolic OH excluding ortho intramolecular Hbond substituents is 3. The van der Waals surface area contributed by atoms with Crippen LogP contribution in [0.5, 0.6) is 17.2 Å². The molecule has 0 unspecified atom stereocenters. The summed E-state index contributed by atoms with van der Waals surface area (Å²) in [5.41, 5.74) is -4.90. The summed E-state index contributed by atoms with van der Waals surface area (Å²) in [6, 6.07) is 0. The van der Waals surface area contributed by atoms with Gasteiger partial charge in [0.05, 0.1) is 14.8 Å². The van der Waals surface area contributed by atoms with Crippen LogP contribution in [0.2, 0.25) is 0 Å². The summed E-state index contributed by atoms with van der Waals surface area (Å²) in [6.07, 6.45) is 0. The normalized spacial score (nSPS) is 9.47. The van der Waals surface area contributed by atoms with Gasteiger partial charge in [0.15, 0.2) is 0 Å². The van der Waals surface area contributed by atoms with Crippen molar-refractivity contribution < 1.29 is 52.5 Å². The van der Waals surface area contributed by atoms with Gasteiger partial charge in [-0.1, -0.05) is 0 Å². The summed E-state index contributed by atoms with van der Waals surface area (Å²) in [4.78, 5) is 27.0. The Labute approximate surface area is 117 Å². The van der Waals surface area contributed by atoms with Gasteiger partial charge in [0.2, 0.25) is 0 Å². The standard InChI is InChI=1S/C6H3N3O9.Ag/c10-4-1(7(13)14)5(11)3(9(17)18)6(12)2(4)8(15)16;/h10-12H;. The van der Waals surface area contributed by atoms with Crippen LogP contribution in [-0.4, -0.2) is 30.1 Å². The average molecular weight is 369 g/mol. The second-order valence-electron chi connectivity index (χ2n) is 2.86. The summed E-state index contributed by atoms with van der Waals surface area (Å²) in [5.74, 6) is -5.03. The van der Waals surface area contributed by atoms with E-state index in [1.54, 1.807) is 0 Å². The molecule has 1 rings (SSSR count). The van der Waals surface area contributed by atoms with Crippen molar-refractivity contribution in [2.24, 2.45) is 0 Å². The molecule has 0 bridgehead atoms. The SMILES string of the molecule is O=[N+]([O-])c1c(O)c([N+](=O)[O-])c(O)c([N+](=O)[O-])c1O.[Ag]. The number of rotatable bonds is 3. The number of hydrogen-bond acceptors (Lipinski definition) is 9. The summed E-state index contributed by atoms with van der Waals surface area (Å²) >= 11 is 0. The van der Waals surface area contributed by atoms with Crippen LogP contribution in [0.4, 0.5) is 17.1 Å². The van der Waals surface area contributed by atoms with Gasteiger partial charge in [0, 0.05) is 22.4 Å². The molecule has 0 aliphatic heterocycles. The molecule has 1 aromatic carbocycles. The van der Waals surface area contributed by atoms with Gasteiger partial charge in [-0.3, -0.25) is 30.3 Å². The van der Waals surface area contributed by atoms with Crippen LogP contribution >= 0.6 is 0 Å². The topological polar surface area (TPSA) is 190 Å². The molecule has 0 aromatic heterocycles. The van der Waals surface area contributed by atoms with Gasteiger partial charge < -0.3 is 15.3 Å². The monoisotopic (exact) mass is 368 g/mol. The number of aromatic hydroxyl groups is 3. The van der Waals surface area contributed by atoms with E-state index >= 15 is 0 Å². The maximum atomic E-state index is 10.5. The van der Waals surface area contributed by atoms with E-state index in [0.717, 1.165) is 0 Å². The van der Waals surface area contributed by atoms with Gasteiger partial charge in [-0.05, 0) is 0 Å². The molecule has 19 heavy (non-hydrogen) atoms. The Morgan fingerprint density at radius 3 is 0.895 bits per heavy atom. The molecule has 0 atom stereocenters. The van der Waals surface area contributed by atoms with Crippen LogP contribution in [-0.2, 0) is 22.4 Å². The minimum Gasteiger partial charge on any atom is -0.497 e. The van der Waals surface area contributed by atoms with Crippen LogP contribution in [0.25, 0.3) is 0 Å². The second-order valence-corrected chi connectivity index (χ2v) is 2.86. The third-order valence-electron chi connectivity index (χ3n) is 1.89. The predicted octanol–water partition coefficient (Wildman–Crippen LogP) is 0.526. The smallest absolute Gasteiger partial charge is 0.366 e. The van der Waals surface area contributed by atoms with E-state index in [0.29, 0.717) is 0 Å². The number of nitrogens with zero attached hydrogens (tertiary/aromatic N) is 3. The zero-order valence-corrected chi connectivity index (χ0v) is 9.92. The first-order valence-electron chi connectivity index (χ1n) is 3.94. The van der Waals surface area contributed by atoms with E-state index in [2.05, 4.69) is 0 Å². The Hall–Kier alpha value is -2.44. The van der Waals surface area contributed by atoms with Crippen molar-refractivity contribution >= 4 is 17.1 Å². The molecule has 13 heteroatoms. The van der Waals surface area contributed by atoms with Gasteiger partial charge in [-0.2, -0.15) is 0 Å². The van der Waals surface area contributed by atoms with Crippen molar-refractivity contribution in [1.82, 2.24) is 0 Å². The third-order valence-corrected chi connectivity index (χ3v) is 1.89. The second kappa shape index (κ2) is 5.47. The molecular formula is C6H3AgN3O9. The molecule has 0 spiro atoms. The molecule has 0 amide bonds. The van der Waals surface area contributed by atoms with Gasteiger partial charge in [0.1, 0.15) is 0 Å². The first kappa shape index (κ1) is 16.6. The zero-order valence-electron chi connectivity index (χ0n) is 8.43. The molecule has 1 radical (unpaired) electrons. The minimum atomic E-state index is -1.68. The van der Waals surface area contributed by atoms with E-state index in [-0.39, 0.29) is 22.4 Å². The third kappa shape index (κ3) is 2.54. The van der Waals surface area contributed by atoms with Crippen molar-refractivity contribution in [1.29, 1.82) is 0 Å². The fourth-order valence-corrected chi connectivity index (χ4v) is 1.19. The Morgan fingerprint density at radius 2 is 0.789 bits per heavy atom. The van der Waals surface area contributed by atoms with Crippen molar-refractivity contribution in [3.8, 4) is 17.2 Å². The number of benzene rings is 1. The number of phenols is 3. The molecule has 107 valence electrons. The maximum Gasteiger partial charge on any atom is 0.366 e. The van der Waals surface area contributed by atoms with E-state index in [1.165, 1.54) is 0 Å². The molecule has 0 heterocycles. The van der Waals surface area contributed by atoms with Gasteiger partial charge >= 0.3 is 17.1 Å². The number of nitro groups is 3. The van der Waals surface area contributed by atoms with E-state index < -0.39 is 49.1 Å². The molecule has 1 aromatic rings. The van der Waals surface area contributed by atoms with Crippen molar-refractivity contribution in [3.63, 3.8) is 0 Å². The molecule has 0 aliphatic rings. The zero-order chi connectivity index (χ0) is 14.2. The number of hydrogen-bond donors (Lipinski definition) is 3. The maximum absolute atomic E-state index is 10.5. The average Bonchev–Trinajstić information content (AvgIpc) is 2.14. The van der Waals surface area contributed by atoms with Crippen LogP contribution in [0.3, 0.4) is 0 Å². The predicted molar refractivity (Wildman–Crippen MR) is 51.4 cm³/mol. The molecule has 0 aliphatic carbocycles. The van der Waals surface area contributed by atoms with Crippen LogP contribution in [0, 0.1) is 30.3 Å². The Morgan fingerprint density at radius 1 is 0.632 bits per heavy atom. The van der Waals surface area contributed by atoms with E-state index in [1.807, 2.05) is 0 Å². The largest absolute Gasteiger partial charge is 0.497 e. The minimum absolute atomic E-state index is 0. The molecule has 3 N–H and O–H groups in total. The van der Waals surface area contributed by atoms with Gasteiger partial charge in [-0.25, -0.2) is 0 Å².